The van der Waals surface area contributed by atoms with Crippen molar-refractivity contribution in [1.82, 2.24) is 0 Å². The number of anilines is 6. The molecule has 14 aromatic rings. The van der Waals surface area contributed by atoms with Gasteiger partial charge >= 0.3 is 0 Å². The zero-order chi connectivity index (χ0) is 71.6. The van der Waals surface area contributed by atoms with Crippen LogP contribution in [-0.4, -0.2) is 6.71 Å². The highest BCUT2D eigenvalue weighted by molar-refractivity contribution is 7.00. The summed E-state index contributed by atoms with van der Waals surface area (Å²) in [6, 6.07) is 124. The van der Waals surface area contributed by atoms with Gasteiger partial charge in [-0.15, -0.1) is 0 Å². The molecule has 506 valence electrons. The zero-order valence-electron chi connectivity index (χ0n) is 62.1. The van der Waals surface area contributed by atoms with Gasteiger partial charge in [0.2, 0.25) is 0 Å². The Morgan fingerprint density at radius 2 is 0.529 bits per heavy atom. The van der Waals surface area contributed by atoms with E-state index in [9.17, 15) is 0 Å². The standard InChI is InChI=1S/C101H89BN2/c1-97(2,3)75-56-72(57-76(62-75)98(4,5)6)70-52-54-90-88(60-70)102-89-61-71(73-58-77(99(7,8)9)63-78(59-73)100(10,11)12)53-55-91(89)104(96-82(68-38-22-15-23-39-68)48-33-49-83(96)69-40-24-16-25-41-69)93-65-79(101(74-42-26-17-27-43-74)86-50-30-28-44-84(86)85-45-29-31-51-87(85)101)64-92(94(93)102)103(90)95-80(66-34-18-13-19-35-66)46-32-47-81(95)67-36-20-14-21-37-67/h13-65H,1-12H3. The van der Waals surface area contributed by atoms with E-state index >= 15 is 0 Å². The maximum atomic E-state index is 2.73. The van der Waals surface area contributed by atoms with Crippen LogP contribution in [0.15, 0.2) is 322 Å². The summed E-state index contributed by atoms with van der Waals surface area (Å²) in [4.78, 5) is 5.47. The van der Waals surface area contributed by atoms with Gasteiger partial charge < -0.3 is 9.80 Å². The van der Waals surface area contributed by atoms with Gasteiger partial charge in [0.05, 0.1) is 16.8 Å². The lowest BCUT2D eigenvalue weighted by Gasteiger charge is -2.47. The summed E-state index contributed by atoms with van der Waals surface area (Å²) in [5, 5.41) is 0. The first-order valence-corrected chi connectivity index (χ1v) is 37.2. The molecular formula is C101H89BN2. The van der Waals surface area contributed by atoms with Crippen molar-refractivity contribution in [3.63, 3.8) is 0 Å². The number of para-hydroxylation sites is 2. The molecule has 2 heterocycles. The molecule has 0 amide bonds. The maximum absolute atomic E-state index is 2.73. The third-order valence-electron chi connectivity index (χ3n) is 22.5. The summed E-state index contributed by atoms with van der Waals surface area (Å²) in [6.07, 6.45) is 0. The van der Waals surface area contributed by atoms with Crippen LogP contribution in [0, 0.1) is 0 Å². The second-order valence-electron chi connectivity index (χ2n) is 33.3. The van der Waals surface area contributed by atoms with Crippen LogP contribution in [-0.2, 0) is 27.1 Å². The van der Waals surface area contributed by atoms with Gasteiger partial charge in [0, 0.05) is 45.0 Å². The Balaban J connectivity index is 1.10. The molecule has 0 N–H and O–H groups in total. The van der Waals surface area contributed by atoms with Gasteiger partial charge in [-0.25, -0.2) is 0 Å². The first kappa shape index (κ1) is 66.0. The second kappa shape index (κ2) is 25.0. The van der Waals surface area contributed by atoms with E-state index in [4.69, 9.17) is 0 Å². The predicted octanol–water partition coefficient (Wildman–Crippen LogP) is 25.3. The van der Waals surface area contributed by atoms with E-state index in [1.54, 1.807) is 0 Å². The molecule has 0 saturated heterocycles. The number of nitrogens with zero attached hydrogens (tertiary/aromatic N) is 2. The molecule has 0 saturated carbocycles. The van der Waals surface area contributed by atoms with Gasteiger partial charge in [0.15, 0.2) is 0 Å². The summed E-state index contributed by atoms with van der Waals surface area (Å²) in [6.45, 7) is 28.0. The van der Waals surface area contributed by atoms with Crippen LogP contribution < -0.4 is 26.2 Å². The molecule has 1 aliphatic carbocycles. The van der Waals surface area contributed by atoms with Crippen LogP contribution in [0.5, 0.6) is 0 Å². The van der Waals surface area contributed by atoms with E-state index in [0.29, 0.717) is 0 Å². The van der Waals surface area contributed by atoms with E-state index in [0.717, 1.165) is 78.6 Å². The van der Waals surface area contributed by atoms with Crippen LogP contribution >= 0.6 is 0 Å². The van der Waals surface area contributed by atoms with Crippen molar-refractivity contribution in [2.45, 2.75) is 110 Å². The van der Waals surface area contributed by atoms with Crippen LogP contribution in [0.1, 0.15) is 128 Å². The molecule has 104 heavy (non-hydrogen) atoms. The third-order valence-corrected chi connectivity index (χ3v) is 22.5. The van der Waals surface area contributed by atoms with Crippen molar-refractivity contribution >= 4 is 57.2 Å². The van der Waals surface area contributed by atoms with Crippen LogP contribution in [0.3, 0.4) is 0 Å². The molecule has 14 aromatic carbocycles. The fourth-order valence-electron chi connectivity index (χ4n) is 17.1. The van der Waals surface area contributed by atoms with E-state index in [2.05, 4.69) is 414 Å². The Hall–Kier alpha value is -11.3. The molecule has 17 rings (SSSR count). The Labute approximate surface area is 617 Å². The van der Waals surface area contributed by atoms with Crippen molar-refractivity contribution < 1.29 is 0 Å². The van der Waals surface area contributed by atoms with Gasteiger partial charge in [-0.05, 0) is 162 Å². The van der Waals surface area contributed by atoms with Crippen LogP contribution in [0.2, 0.25) is 0 Å². The molecule has 2 nitrogen and oxygen atoms in total. The topological polar surface area (TPSA) is 6.48 Å². The predicted molar refractivity (Wildman–Crippen MR) is 445 cm³/mol. The van der Waals surface area contributed by atoms with Gasteiger partial charge in [-0.3, -0.25) is 0 Å². The molecule has 0 spiro atoms. The largest absolute Gasteiger partial charge is 0.310 e. The monoisotopic (exact) mass is 1340 g/mol. The summed E-state index contributed by atoms with van der Waals surface area (Å²) >= 11 is 0. The molecule has 0 radical (unpaired) electrons. The van der Waals surface area contributed by atoms with Gasteiger partial charge in [-0.1, -0.05) is 380 Å². The minimum Gasteiger partial charge on any atom is -0.310 e. The molecule has 2 aliphatic heterocycles. The average molecular weight is 1340 g/mol. The second-order valence-corrected chi connectivity index (χ2v) is 33.3. The van der Waals surface area contributed by atoms with Crippen molar-refractivity contribution in [3.05, 3.63) is 366 Å². The maximum Gasteiger partial charge on any atom is 0.252 e. The highest BCUT2D eigenvalue weighted by Crippen LogP contribution is 2.60. The molecule has 0 aromatic heterocycles. The highest BCUT2D eigenvalue weighted by Gasteiger charge is 2.51. The summed E-state index contributed by atoms with van der Waals surface area (Å²) in [5.74, 6) is 0. The SMILES string of the molecule is CC(C)(C)c1cc(-c2ccc3c(c2)B2c4cc(-c5cc(C(C)(C)C)cc(C(C)(C)C)c5)ccc4N(c4c(-c5ccccc5)cccc4-c4ccccc4)c4cc(C5(c6ccccc6)c6ccccc6-c6ccccc65)cc(c42)N3c2c(-c3ccccc3)cccc2-c2ccccc2)cc(C(C)(C)C)c1. The van der Waals surface area contributed by atoms with Crippen molar-refractivity contribution in [1.29, 1.82) is 0 Å². The van der Waals surface area contributed by atoms with Gasteiger partial charge in [0.25, 0.3) is 6.71 Å². The van der Waals surface area contributed by atoms with E-state index in [1.165, 1.54) is 94.3 Å². The van der Waals surface area contributed by atoms with Gasteiger partial charge in [0.1, 0.15) is 0 Å². The number of benzene rings is 14. The smallest absolute Gasteiger partial charge is 0.252 e. The average Bonchev–Trinajstić information content (AvgIpc) is 1.36. The molecule has 3 aliphatic rings. The zero-order valence-corrected chi connectivity index (χ0v) is 62.1. The fourth-order valence-corrected chi connectivity index (χ4v) is 17.1. The van der Waals surface area contributed by atoms with Crippen LogP contribution in [0.4, 0.5) is 34.1 Å². The number of rotatable bonds is 10. The summed E-state index contributed by atoms with van der Waals surface area (Å²) in [7, 11) is 0. The lowest BCUT2D eigenvalue weighted by molar-refractivity contribution is 0.568. The van der Waals surface area contributed by atoms with Crippen molar-refractivity contribution in [2.75, 3.05) is 9.80 Å². The minimum absolute atomic E-state index is 0.104. The van der Waals surface area contributed by atoms with Gasteiger partial charge in [-0.2, -0.15) is 0 Å². The molecule has 0 bridgehead atoms. The van der Waals surface area contributed by atoms with E-state index in [1.807, 2.05) is 0 Å². The Morgan fingerprint density at radius 3 is 0.856 bits per heavy atom. The Morgan fingerprint density at radius 1 is 0.231 bits per heavy atom. The quantitative estimate of drug-likeness (QED) is 0.126. The van der Waals surface area contributed by atoms with Crippen LogP contribution in [0.25, 0.3) is 77.9 Å². The molecule has 0 fully saturated rings. The van der Waals surface area contributed by atoms with E-state index < -0.39 is 5.41 Å². The van der Waals surface area contributed by atoms with Crippen molar-refractivity contribution in [3.8, 4) is 77.9 Å². The Bertz CT molecular complexity index is 5140. The first-order chi connectivity index (χ1) is 50.1. The first-order valence-electron chi connectivity index (χ1n) is 37.2. The summed E-state index contributed by atoms with van der Waals surface area (Å²) in [5.41, 5.74) is 36.0. The lowest BCUT2D eigenvalue weighted by atomic mass is 9.33. The molecule has 3 heteroatoms. The third kappa shape index (κ3) is 11.1. The highest BCUT2D eigenvalue weighted by atomic mass is 15.2. The fraction of sp³-hybridized carbons (Fsp3) is 0.168. The number of hydrogen-bond donors (Lipinski definition) is 0. The normalized spacial score (nSPS) is 13.6. The summed E-state index contributed by atoms with van der Waals surface area (Å²) < 4.78 is 0. The Kier molecular flexibility index (Phi) is 15.9. The minimum atomic E-state index is -0.796. The van der Waals surface area contributed by atoms with Crippen molar-refractivity contribution in [2.24, 2.45) is 0 Å². The number of fused-ring (bicyclic) bond motifs is 7. The van der Waals surface area contributed by atoms with E-state index in [-0.39, 0.29) is 28.4 Å². The lowest BCUT2D eigenvalue weighted by Crippen LogP contribution is -2.61. The number of hydrogen-bond acceptors (Lipinski definition) is 2. The molecule has 0 atom stereocenters. The molecular weight excluding hydrogens is 1250 g/mol. The molecule has 0 unspecified atom stereocenters.